The molecule has 0 heterocycles. The number of hydrogen-bond acceptors (Lipinski definition) is 5. The Morgan fingerprint density at radius 2 is 1.78 bits per heavy atom. The van der Waals surface area contributed by atoms with Crippen molar-refractivity contribution in [3.8, 4) is 11.5 Å². The molecule has 0 aliphatic rings. The molecule has 2 N–H and O–H groups in total. The molecule has 0 amide bonds. The maximum absolute atomic E-state index is 11.6. The average Bonchev–Trinajstić information content (AvgIpc) is 2.28. The molecule has 1 unspecified atom stereocenters. The molecule has 0 bridgehead atoms. The van der Waals surface area contributed by atoms with Gasteiger partial charge in [0.1, 0.15) is 18.1 Å². The molecule has 18 heavy (non-hydrogen) atoms. The molecule has 0 radical (unpaired) electrons. The number of hydrogen-bond donors (Lipinski definition) is 1. The highest BCUT2D eigenvalue weighted by atomic mass is 32.2. The smallest absolute Gasteiger partial charge is 0.155 e. The van der Waals surface area contributed by atoms with E-state index in [0.717, 1.165) is 5.75 Å². The van der Waals surface area contributed by atoms with E-state index in [1.165, 1.54) is 0 Å². The highest BCUT2D eigenvalue weighted by Gasteiger charge is 2.13. The van der Waals surface area contributed by atoms with Gasteiger partial charge < -0.3 is 15.2 Å². The van der Waals surface area contributed by atoms with Crippen molar-refractivity contribution in [3.05, 3.63) is 24.3 Å². The fraction of sp³-hybridized carbons (Fsp3) is 0.500. The first kappa shape index (κ1) is 14.8. The third-order valence-electron chi connectivity index (χ3n) is 2.24. The van der Waals surface area contributed by atoms with Gasteiger partial charge >= 0.3 is 0 Å². The summed E-state index contributed by atoms with van der Waals surface area (Å²) in [7, 11) is -1.56. The molecule has 1 atom stereocenters. The summed E-state index contributed by atoms with van der Waals surface area (Å²) >= 11 is 0. The molecule has 0 aliphatic heterocycles. The van der Waals surface area contributed by atoms with Crippen molar-refractivity contribution in [2.24, 2.45) is 5.73 Å². The van der Waals surface area contributed by atoms with Crippen LogP contribution < -0.4 is 15.2 Å². The van der Waals surface area contributed by atoms with Crippen LogP contribution in [0.3, 0.4) is 0 Å². The zero-order chi connectivity index (χ0) is 13.6. The van der Waals surface area contributed by atoms with Gasteiger partial charge in [0.15, 0.2) is 9.84 Å². The SMILES string of the molecule is COc1ccc(OCCS(=O)(=O)CC(C)N)cc1. The third kappa shape index (κ3) is 5.37. The number of sulfone groups is 1. The van der Waals surface area contributed by atoms with Gasteiger partial charge in [-0.3, -0.25) is 0 Å². The minimum absolute atomic E-state index is 0.0149. The van der Waals surface area contributed by atoms with E-state index in [1.807, 2.05) is 0 Å². The van der Waals surface area contributed by atoms with Crippen LogP contribution >= 0.6 is 0 Å². The van der Waals surface area contributed by atoms with Gasteiger partial charge in [-0.05, 0) is 31.2 Å². The van der Waals surface area contributed by atoms with Crippen molar-refractivity contribution in [3.63, 3.8) is 0 Å². The van der Waals surface area contributed by atoms with Crippen LogP contribution in [0.15, 0.2) is 24.3 Å². The quantitative estimate of drug-likeness (QED) is 0.796. The molecule has 0 saturated heterocycles. The summed E-state index contributed by atoms with van der Waals surface area (Å²) < 4.78 is 33.5. The van der Waals surface area contributed by atoms with Crippen LogP contribution in [0.25, 0.3) is 0 Å². The second kappa shape index (κ2) is 6.61. The van der Waals surface area contributed by atoms with Crippen LogP contribution in [-0.4, -0.2) is 39.7 Å². The number of benzene rings is 1. The van der Waals surface area contributed by atoms with Crippen molar-refractivity contribution in [2.45, 2.75) is 13.0 Å². The summed E-state index contributed by atoms with van der Waals surface area (Å²) in [6.45, 7) is 1.79. The van der Waals surface area contributed by atoms with Gasteiger partial charge in [-0.2, -0.15) is 0 Å². The molecule has 1 rings (SSSR count). The van der Waals surface area contributed by atoms with Crippen molar-refractivity contribution >= 4 is 9.84 Å². The topological polar surface area (TPSA) is 78.6 Å². The summed E-state index contributed by atoms with van der Waals surface area (Å²) in [6.07, 6.45) is 0. The van der Waals surface area contributed by atoms with Crippen molar-refractivity contribution in [1.82, 2.24) is 0 Å². The second-order valence-corrected chi connectivity index (χ2v) is 6.34. The van der Waals surface area contributed by atoms with Gasteiger partial charge in [0, 0.05) is 6.04 Å². The van der Waals surface area contributed by atoms with Gasteiger partial charge in [-0.25, -0.2) is 8.42 Å². The van der Waals surface area contributed by atoms with Crippen LogP contribution in [-0.2, 0) is 9.84 Å². The van der Waals surface area contributed by atoms with E-state index in [-0.39, 0.29) is 24.2 Å². The molecule has 0 saturated carbocycles. The molecule has 1 aromatic rings. The van der Waals surface area contributed by atoms with E-state index in [0.29, 0.717) is 5.75 Å². The van der Waals surface area contributed by atoms with E-state index in [4.69, 9.17) is 15.2 Å². The predicted molar refractivity (Wildman–Crippen MR) is 70.8 cm³/mol. The number of ether oxygens (including phenoxy) is 2. The van der Waals surface area contributed by atoms with E-state index < -0.39 is 9.84 Å². The third-order valence-corrected chi connectivity index (χ3v) is 4.06. The normalized spacial score (nSPS) is 13.1. The zero-order valence-corrected chi connectivity index (χ0v) is 11.4. The van der Waals surface area contributed by atoms with Crippen LogP contribution in [0.4, 0.5) is 0 Å². The Hall–Kier alpha value is -1.27. The molecule has 102 valence electrons. The minimum atomic E-state index is -3.14. The maximum atomic E-state index is 11.6. The van der Waals surface area contributed by atoms with Gasteiger partial charge in [-0.1, -0.05) is 0 Å². The summed E-state index contributed by atoms with van der Waals surface area (Å²) in [5, 5.41) is 0. The lowest BCUT2D eigenvalue weighted by molar-refractivity contribution is 0.339. The van der Waals surface area contributed by atoms with E-state index in [1.54, 1.807) is 38.3 Å². The van der Waals surface area contributed by atoms with E-state index >= 15 is 0 Å². The molecule has 0 aromatic heterocycles. The summed E-state index contributed by atoms with van der Waals surface area (Å²) in [4.78, 5) is 0. The highest BCUT2D eigenvalue weighted by molar-refractivity contribution is 7.91. The van der Waals surface area contributed by atoms with Crippen LogP contribution in [0.5, 0.6) is 11.5 Å². The second-order valence-electron chi connectivity index (χ2n) is 4.12. The van der Waals surface area contributed by atoms with Crippen molar-refractivity contribution < 1.29 is 17.9 Å². The first-order valence-electron chi connectivity index (χ1n) is 5.66. The Balaban J connectivity index is 2.41. The molecule has 0 spiro atoms. The summed E-state index contributed by atoms with van der Waals surface area (Å²) in [6, 6.07) is 6.63. The Morgan fingerprint density at radius 1 is 1.22 bits per heavy atom. The fourth-order valence-electron chi connectivity index (χ4n) is 1.44. The van der Waals surface area contributed by atoms with Gasteiger partial charge in [0.25, 0.3) is 0 Å². The van der Waals surface area contributed by atoms with Gasteiger partial charge in [0.2, 0.25) is 0 Å². The Bertz CT molecular complexity index is 453. The molecule has 6 heteroatoms. The molecular formula is C12H19NO4S. The molecular weight excluding hydrogens is 254 g/mol. The Morgan fingerprint density at radius 3 is 2.28 bits per heavy atom. The maximum Gasteiger partial charge on any atom is 0.155 e. The lowest BCUT2D eigenvalue weighted by Gasteiger charge is -2.09. The first-order chi connectivity index (χ1) is 8.43. The monoisotopic (exact) mass is 273 g/mol. The lowest BCUT2D eigenvalue weighted by Crippen LogP contribution is -2.29. The Kier molecular flexibility index (Phi) is 5.43. The molecule has 5 nitrogen and oxygen atoms in total. The van der Waals surface area contributed by atoms with Gasteiger partial charge in [-0.15, -0.1) is 0 Å². The largest absolute Gasteiger partial charge is 0.497 e. The van der Waals surface area contributed by atoms with E-state index in [9.17, 15) is 8.42 Å². The number of methoxy groups -OCH3 is 1. The first-order valence-corrected chi connectivity index (χ1v) is 7.48. The predicted octanol–water partition coefficient (Wildman–Crippen LogP) is 0.836. The Labute approximate surface area is 108 Å². The molecule has 0 aliphatic carbocycles. The minimum Gasteiger partial charge on any atom is -0.497 e. The van der Waals surface area contributed by atoms with Crippen molar-refractivity contribution in [1.29, 1.82) is 0 Å². The van der Waals surface area contributed by atoms with Crippen LogP contribution in [0.2, 0.25) is 0 Å². The van der Waals surface area contributed by atoms with Gasteiger partial charge in [0.05, 0.1) is 18.6 Å². The zero-order valence-electron chi connectivity index (χ0n) is 10.6. The fourth-order valence-corrected chi connectivity index (χ4v) is 2.75. The lowest BCUT2D eigenvalue weighted by atomic mass is 10.3. The number of rotatable bonds is 7. The average molecular weight is 273 g/mol. The highest BCUT2D eigenvalue weighted by Crippen LogP contribution is 2.16. The summed E-state index contributed by atoms with van der Waals surface area (Å²) in [5.41, 5.74) is 5.46. The van der Waals surface area contributed by atoms with Crippen molar-refractivity contribution in [2.75, 3.05) is 25.2 Å². The van der Waals surface area contributed by atoms with E-state index in [2.05, 4.69) is 0 Å². The van der Waals surface area contributed by atoms with Crippen LogP contribution in [0.1, 0.15) is 6.92 Å². The van der Waals surface area contributed by atoms with Crippen LogP contribution in [0, 0.1) is 0 Å². The number of nitrogens with two attached hydrogens (primary N) is 1. The summed E-state index contributed by atoms with van der Waals surface area (Å²) in [5.74, 6) is 1.30. The standard InChI is InChI=1S/C12H19NO4S/c1-10(13)9-18(14,15)8-7-17-12-5-3-11(16-2)4-6-12/h3-6,10H,7-9,13H2,1-2H3. The molecule has 0 fully saturated rings. The molecule has 1 aromatic carbocycles.